The molecule has 0 saturated heterocycles. The number of alkyl halides is 3. The van der Waals surface area contributed by atoms with E-state index in [2.05, 4.69) is 15.4 Å². The van der Waals surface area contributed by atoms with Gasteiger partial charge in [-0.25, -0.2) is 19.7 Å². The van der Waals surface area contributed by atoms with Gasteiger partial charge in [0.05, 0.1) is 30.0 Å². The van der Waals surface area contributed by atoms with E-state index in [4.69, 9.17) is 5.41 Å². The molecule has 1 atom stereocenters. The minimum absolute atomic E-state index is 0.204. The molecular formula is C21H21F3N6O2. The van der Waals surface area contributed by atoms with Crippen molar-refractivity contribution < 1.29 is 23.0 Å². The molecule has 3 aromatic rings. The molecule has 0 amide bonds. The number of aliphatic hydroxyl groups excluding tert-OH is 1. The summed E-state index contributed by atoms with van der Waals surface area (Å²) in [7, 11) is 0. The highest BCUT2D eigenvalue weighted by molar-refractivity contribution is 5.88. The first-order valence-electron chi connectivity index (χ1n) is 9.85. The number of nitrogens with zero attached hydrogens (tertiary/aromatic N) is 4. The largest absolute Gasteiger partial charge is 0.605 e. The summed E-state index contributed by atoms with van der Waals surface area (Å²) < 4.78 is 38.3. The van der Waals surface area contributed by atoms with Crippen LogP contribution in [0.2, 0.25) is 0 Å². The van der Waals surface area contributed by atoms with Crippen LogP contribution in [0.3, 0.4) is 0 Å². The predicted octanol–water partition coefficient (Wildman–Crippen LogP) is 3.46. The first kappa shape index (κ1) is 21.9. The topological polar surface area (TPSA) is 110 Å². The fraction of sp³-hybridized carbons (Fsp3) is 0.286. The van der Waals surface area contributed by atoms with Crippen LogP contribution in [0.25, 0.3) is 22.4 Å². The maximum absolute atomic E-state index is 13.1. The number of fused-ring (bicyclic) bond motifs is 1. The number of anilines is 1. The Morgan fingerprint density at radius 2 is 1.91 bits per heavy atom. The molecule has 8 nitrogen and oxygen atoms in total. The van der Waals surface area contributed by atoms with E-state index in [9.17, 15) is 23.5 Å². The van der Waals surface area contributed by atoms with Crippen LogP contribution in [0.1, 0.15) is 17.8 Å². The van der Waals surface area contributed by atoms with Crippen molar-refractivity contribution >= 4 is 5.82 Å². The zero-order valence-corrected chi connectivity index (χ0v) is 17.1. The Morgan fingerprint density at radius 1 is 1.19 bits per heavy atom. The summed E-state index contributed by atoms with van der Waals surface area (Å²) in [5, 5.41) is 31.1. The van der Waals surface area contributed by atoms with E-state index in [0.29, 0.717) is 33.8 Å². The lowest BCUT2D eigenvalue weighted by Gasteiger charge is -2.36. The van der Waals surface area contributed by atoms with Gasteiger partial charge in [0.1, 0.15) is 6.54 Å². The summed E-state index contributed by atoms with van der Waals surface area (Å²) in [5.74, 6) is 0.204. The lowest BCUT2D eigenvalue weighted by Crippen LogP contribution is -2.45. The van der Waals surface area contributed by atoms with Gasteiger partial charge in [0.25, 0.3) is 0 Å². The monoisotopic (exact) mass is 446 g/mol. The molecule has 0 spiro atoms. The molecule has 168 valence electrons. The number of benzene rings is 1. The number of quaternary nitrogens is 1. The number of pyridine rings is 1. The van der Waals surface area contributed by atoms with Gasteiger partial charge in [-0.05, 0) is 24.6 Å². The molecule has 0 saturated carbocycles. The Balaban J connectivity index is 1.92. The number of hydroxylamine groups is 2. The molecule has 0 bridgehead atoms. The van der Waals surface area contributed by atoms with Gasteiger partial charge in [-0.3, -0.25) is 10.4 Å². The number of aryl methyl sites for hydroxylation is 1. The molecule has 4 rings (SSSR count). The second-order valence-corrected chi connectivity index (χ2v) is 7.68. The number of aromatic nitrogens is 3. The molecule has 3 heterocycles. The average molecular weight is 446 g/mol. The predicted molar refractivity (Wildman–Crippen MR) is 110 cm³/mol. The van der Waals surface area contributed by atoms with Crippen molar-refractivity contribution in [2.24, 2.45) is 0 Å². The zero-order chi connectivity index (χ0) is 23.1. The van der Waals surface area contributed by atoms with Crippen LogP contribution in [-0.2, 0) is 13.3 Å². The number of hydrogen-bond donors (Lipinski definition) is 3. The molecular weight excluding hydrogens is 425 g/mol. The highest BCUT2D eigenvalue weighted by Crippen LogP contribution is 2.39. The Kier molecular flexibility index (Phi) is 5.49. The second-order valence-electron chi connectivity index (χ2n) is 7.68. The van der Waals surface area contributed by atoms with Crippen molar-refractivity contribution in [3.05, 3.63) is 64.7 Å². The van der Waals surface area contributed by atoms with E-state index in [1.54, 1.807) is 43.3 Å². The molecule has 2 aromatic heterocycles. The summed E-state index contributed by atoms with van der Waals surface area (Å²) in [5.41, 5.74) is 5.52. The van der Waals surface area contributed by atoms with Gasteiger partial charge in [0.15, 0.2) is 12.5 Å². The minimum Gasteiger partial charge on any atom is -0.605 e. The fourth-order valence-electron chi connectivity index (χ4n) is 3.76. The quantitative estimate of drug-likeness (QED) is 0.411. The molecule has 1 aromatic carbocycles. The Bertz CT molecular complexity index is 1210. The van der Waals surface area contributed by atoms with Crippen LogP contribution in [0, 0.1) is 17.5 Å². The number of aliphatic hydroxyl groups is 1. The van der Waals surface area contributed by atoms with E-state index in [0.717, 1.165) is 0 Å². The van der Waals surface area contributed by atoms with Crippen LogP contribution < -0.4 is 11.0 Å². The number of halogens is 3. The summed E-state index contributed by atoms with van der Waals surface area (Å²) in [4.78, 5) is 8.64. The van der Waals surface area contributed by atoms with Crippen molar-refractivity contribution in [3.63, 3.8) is 0 Å². The molecule has 32 heavy (non-hydrogen) atoms. The van der Waals surface area contributed by atoms with Gasteiger partial charge in [-0.1, -0.05) is 30.3 Å². The van der Waals surface area contributed by atoms with E-state index in [1.807, 2.05) is 6.07 Å². The first-order valence-corrected chi connectivity index (χ1v) is 9.85. The summed E-state index contributed by atoms with van der Waals surface area (Å²) in [6, 6.07) is 12.4. The third-order valence-electron chi connectivity index (χ3n) is 5.16. The summed E-state index contributed by atoms with van der Waals surface area (Å²) in [6.07, 6.45) is -5.74. The van der Waals surface area contributed by atoms with Gasteiger partial charge in [-0.15, -0.1) is 0 Å². The molecule has 11 heteroatoms. The second kappa shape index (κ2) is 8.01. The molecule has 0 radical (unpaired) electrons. The lowest BCUT2D eigenvalue weighted by atomic mass is 9.99. The van der Waals surface area contributed by atoms with Crippen molar-refractivity contribution in [2.45, 2.75) is 32.8 Å². The van der Waals surface area contributed by atoms with Crippen molar-refractivity contribution in [1.82, 2.24) is 14.5 Å². The van der Waals surface area contributed by atoms with Crippen LogP contribution in [0.4, 0.5) is 19.0 Å². The van der Waals surface area contributed by atoms with Crippen LogP contribution in [-0.4, -0.2) is 37.1 Å². The molecule has 0 fully saturated rings. The Morgan fingerprint density at radius 3 is 2.56 bits per heavy atom. The first-order chi connectivity index (χ1) is 15.1. The molecule has 1 unspecified atom stereocenters. The molecule has 1 aliphatic heterocycles. The zero-order valence-electron chi connectivity index (χ0n) is 17.1. The maximum atomic E-state index is 13.1. The summed E-state index contributed by atoms with van der Waals surface area (Å²) in [6.45, 7) is 0.267. The maximum Gasteiger partial charge on any atom is 0.394 e. The van der Waals surface area contributed by atoms with E-state index in [-0.39, 0.29) is 18.0 Å². The van der Waals surface area contributed by atoms with Gasteiger partial charge in [0, 0.05) is 11.3 Å². The number of nitrogens with one attached hydrogen (secondary N) is 2. The highest BCUT2D eigenvalue weighted by atomic mass is 19.4. The molecule has 0 aliphatic carbocycles. The molecule has 3 N–H and O–H groups in total. The fourth-order valence-corrected chi connectivity index (χ4v) is 3.76. The number of rotatable bonds is 5. The third kappa shape index (κ3) is 4.35. The van der Waals surface area contributed by atoms with E-state index < -0.39 is 30.6 Å². The molecule has 1 aliphatic rings. The normalized spacial score (nSPS) is 17.8. The average Bonchev–Trinajstić information content (AvgIpc) is 3.10. The van der Waals surface area contributed by atoms with Crippen molar-refractivity contribution in [3.8, 4) is 22.4 Å². The SMILES string of the molecule is Cc1cc(-c2c(-c3ccccc3)nc(=N)n3c2N[N+]([O-])(CCC(F)(F)F)C3)cc(CO)n1. The van der Waals surface area contributed by atoms with Gasteiger partial charge < -0.3 is 10.3 Å². The smallest absolute Gasteiger partial charge is 0.394 e. The number of hydrogen-bond acceptors (Lipinski definition) is 6. The van der Waals surface area contributed by atoms with Gasteiger partial charge in [-0.2, -0.15) is 13.2 Å². The summed E-state index contributed by atoms with van der Waals surface area (Å²) >= 11 is 0. The van der Waals surface area contributed by atoms with Gasteiger partial charge in [0.2, 0.25) is 5.62 Å². The van der Waals surface area contributed by atoms with E-state index >= 15 is 0 Å². The lowest BCUT2D eigenvalue weighted by molar-refractivity contribution is -0.875. The van der Waals surface area contributed by atoms with Crippen molar-refractivity contribution in [2.75, 3.05) is 12.0 Å². The Hall–Kier alpha value is -3.28. The Labute approximate surface area is 181 Å². The van der Waals surface area contributed by atoms with Crippen LogP contribution in [0.5, 0.6) is 0 Å². The minimum atomic E-state index is -4.48. The third-order valence-corrected chi connectivity index (χ3v) is 5.16. The highest BCUT2D eigenvalue weighted by Gasteiger charge is 2.37. The van der Waals surface area contributed by atoms with Crippen LogP contribution in [0.15, 0.2) is 42.5 Å². The van der Waals surface area contributed by atoms with E-state index in [1.165, 1.54) is 4.57 Å². The van der Waals surface area contributed by atoms with Crippen molar-refractivity contribution in [1.29, 1.82) is 5.41 Å². The van der Waals surface area contributed by atoms with Gasteiger partial charge >= 0.3 is 6.18 Å². The van der Waals surface area contributed by atoms with Crippen LogP contribution >= 0.6 is 0 Å². The standard InChI is InChI=1S/C21H21F3N6O2/c1-13-9-15(10-16(11-31)26-13)17-18(14-5-3-2-4-6-14)27-20(25)29-12-30(32,28-19(17)29)8-7-21(22,23)24/h2-6,9-10,25,28,31H,7-8,11-12H2,1H3.